The van der Waals surface area contributed by atoms with E-state index >= 15 is 0 Å². The van der Waals surface area contributed by atoms with E-state index in [1.54, 1.807) is 12.3 Å². The van der Waals surface area contributed by atoms with Gasteiger partial charge in [-0.1, -0.05) is 11.6 Å². The number of aliphatic carboxylic acids is 1. The van der Waals surface area contributed by atoms with Gasteiger partial charge in [0.2, 0.25) is 0 Å². The van der Waals surface area contributed by atoms with Crippen LogP contribution in [0.25, 0.3) is 11.0 Å². The van der Waals surface area contributed by atoms with Gasteiger partial charge in [-0.25, -0.2) is 9.37 Å². The van der Waals surface area contributed by atoms with Crippen LogP contribution in [0.5, 0.6) is 0 Å². The summed E-state index contributed by atoms with van der Waals surface area (Å²) in [6.45, 7) is 0. The number of aliphatic imine (C=N–C) groups is 1. The number of halogens is 2. The smallest absolute Gasteiger partial charge is 0.306 e. The number of hydrogen-bond acceptors (Lipinski definition) is 6. The highest BCUT2D eigenvalue weighted by Crippen LogP contribution is 2.33. The maximum atomic E-state index is 14.4. The number of aromatic amines is 1. The van der Waals surface area contributed by atoms with Crippen LogP contribution in [-0.2, 0) is 4.79 Å². The van der Waals surface area contributed by atoms with E-state index in [2.05, 4.69) is 25.6 Å². The molecule has 1 fully saturated rings. The second-order valence-electron chi connectivity index (χ2n) is 7.57. The van der Waals surface area contributed by atoms with Crippen LogP contribution >= 0.6 is 11.6 Å². The first-order valence-corrected chi connectivity index (χ1v) is 9.73. The normalized spacial score (nSPS) is 27.1. The molecule has 0 amide bonds. The first-order chi connectivity index (χ1) is 13.8. The van der Waals surface area contributed by atoms with Gasteiger partial charge in [0.15, 0.2) is 5.83 Å². The largest absolute Gasteiger partial charge is 0.481 e. The predicted octanol–water partition coefficient (Wildman–Crippen LogP) is 2.77. The fraction of sp³-hybridized carbons (Fsp3) is 0.421. The molecule has 5 N–H and O–H groups in total. The average molecular weight is 422 g/mol. The van der Waals surface area contributed by atoms with Gasteiger partial charge in [0.25, 0.3) is 0 Å². The number of allylic oxidation sites excluding steroid dienone is 1. The van der Waals surface area contributed by atoms with Gasteiger partial charge in [-0.2, -0.15) is 0 Å². The Kier molecular flexibility index (Phi) is 5.18. The Labute approximate surface area is 170 Å². The third-order valence-electron chi connectivity index (χ3n) is 5.33. The Balaban J connectivity index is 1.50. The lowest BCUT2D eigenvalue weighted by Crippen LogP contribution is -2.47. The van der Waals surface area contributed by atoms with Crippen molar-refractivity contribution in [2.45, 2.75) is 49.9 Å². The van der Waals surface area contributed by atoms with Crippen LogP contribution in [0.15, 0.2) is 35.1 Å². The topological polar surface area (TPSA) is 123 Å². The minimum absolute atomic E-state index is 0.166. The highest BCUT2D eigenvalue weighted by Gasteiger charge is 2.37. The van der Waals surface area contributed by atoms with Crippen molar-refractivity contribution in [2.24, 2.45) is 4.99 Å². The van der Waals surface area contributed by atoms with Gasteiger partial charge in [-0.3, -0.25) is 9.79 Å². The fourth-order valence-corrected chi connectivity index (χ4v) is 4.21. The molecule has 0 bridgehead atoms. The van der Waals surface area contributed by atoms with E-state index in [1.165, 1.54) is 6.20 Å². The molecule has 1 aliphatic heterocycles. The van der Waals surface area contributed by atoms with Crippen molar-refractivity contribution >= 4 is 34.8 Å². The maximum absolute atomic E-state index is 14.4. The van der Waals surface area contributed by atoms with Crippen LogP contribution in [-0.4, -0.2) is 44.0 Å². The molecule has 4 rings (SSSR count). The number of aromatic nitrogens is 2. The fourth-order valence-electron chi connectivity index (χ4n) is 4.05. The number of fused-ring (bicyclic) bond motifs is 1. The zero-order valence-electron chi connectivity index (χ0n) is 15.5. The van der Waals surface area contributed by atoms with Crippen LogP contribution < -0.4 is 10.6 Å². The standard InChI is InChI=1S/C19H21ClFN5O3/c20-10-4-12-13(8-23-16(12)22-7-10)17-24-9-14(21)18(26-17)25-11-2-1-3-19(29,5-11)6-15(27)28/h4,7-9,11,17,25-26,29H,1-3,5-6H2,(H,22,23)(H,27,28)/t11-,17?,19-/m0/s1. The van der Waals surface area contributed by atoms with Crippen molar-refractivity contribution < 1.29 is 19.4 Å². The molecule has 2 aromatic rings. The van der Waals surface area contributed by atoms with E-state index in [1.807, 2.05) is 0 Å². The van der Waals surface area contributed by atoms with Gasteiger partial charge >= 0.3 is 5.97 Å². The second kappa shape index (κ2) is 7.64. The minimum Gasteiger partial charge on any atom is -0.481 e. The average Bonchev–Trinajstić information content (AvgIpc) is 3.05. The summed E-state index contributed by atoms with van der Waals surface area (Å²) in [5, 5.41) is 27.0. The summed E-state index contributed by atoms with van der Waals surface area (Å²) < 4.78 is 14.4. The van der Waals surface area contributed by atoms with Crippen molar-refractivity contribution in [3.05, 3.63) is 40.7 Å². The third-order valence-corrected chi connectivity index (χ3v) is 5.54. The van der Waals surface area contributed by atoms with Crippen LogP contribution in [0, 0.1) is 0 Å². The van der Waals surface area contributed by atoms with Crippen LogP contribution in [0.4, 0.5) is 4.39 Å². The zero-order chi connectivity index (χ0) is 20.6. The minimum atomic E-state index is -1.29. The van der Waals surface area contributed by atoms with Gasteiger partial charge in [-0.15, -0.1) is 0 Å². The Morgan fingerprint density at radius 1 is 1.48 bits per heavy atom. The maximum Gasteiger partial charge on any atom is 0.306 e. The quantitative estimate of drug-likeness (QED) is 0.506. The first-order valence-electron chi connectivity index (χ1n) is 9.36. The lowest BCUT2D eigenvalue weighted by Gasteiger charge is -2.37. The number of carboxylic acid groups (broad SMARTS) is 1. The lowest BCUT2D eigenvalue weighted by atomic mass is 9.79. The summed E-state index contributed by atoms with van der Waals surface area (Å²) in [7, 11) is 0. The number of pyridine rings is 1. The van der Waals surface area contributed by atoms with E-state index in [-0.39, 0.29) is 24.7 Å². The van der Waals surface area contributed by atoms with Crippen LogP contribution in [0.2, 0.25) is 5.02 Å². The highest BCUT2D eigenvalue weighted by molar-refractivity contribution is 6.31. The molecule has 8 nitrogen and oxygen atoms in total. The number of carboxylic acids is 1. The molecule has 0 saturated heterocycles. The van der Waals surface area contributed by atoms with Crippen LogP contribution in [0.3, 0.4) is 0 Å². The number of nitrogens with one attached hydrogen (secondary N) is 3. The molecule has 1 saturated carbocycles. The number of nitrogens with zero attached hydrogens (tertiary/aromatic N) is 2. The number of rotatable bonds is 5. The third kappa shape index (κ3) is 4.20. The number of aliphatic hydroxyl groups is 1. The highest BCUT2D eigenvalue weighted by atomic mass is 35.5. The van der Waals surface area contributed by atoms with E-state index < -0.39 is 23.6 Å². The molecule has 2 aliphatic rings. The number of carbonyl (C=O) groups is 1. The molecule has 154 valence electrons. The second-order valence-corrected chi connectivity index (χ2v) is 8.01. The van der Waals surface area contributed by atoms with E-state index in [9.17, 15) is 14.3 Å². The van der Waals surface area contributed by atoms with Gasteiger partial charge in [0.1, 0.15) is 17.6 Å². The van der Waals surface area contributed by atoms with E-state index in [0.717, 1.165) is 17.2 Å². The lowest BCUT2D eigenvalue weighted by molar-refractivity contribution is -0.144. The molecule has 1 unspecified atom stereocenters. The summed E-state index contributed by atoms with van der Waals surface area (Å²) >= 11 is 6.05. The molecule has 29 heavy (non-hydrogen) atoms. The Hall–Kier alpha value is -2.65. The van der Waals surface area contributed by atoms with Crippen molar-refractivity contribution in [1.82, 2.24) is 20.6 Å². The molecule has 1 aliphatic carbocycles. The molecule has 10 heteroatoms. The van der Waals surface area contributed by atoms with Gasteiger partial charge in [0.05, 0.1) is 23.3 Å². The molecule has 3 heterocycles. The monoisotopic (exact) mass is 421 g/mol. The number of hydrogen-bond donors (Lipinski definition) is 5. The molecular formula is C19H21ClFN5O3. The molecule has 0 aromatic carbocycles. The Morgan fingerprint density at radius 3 is 3.10 bits per heavy atom. The van der Waals surface area contributed by atoms with Gasteiger partial charge < -0.3 is 25.8 Å². The molecule has 0 spiro atoms. The summed E-state index contributed by atoms with van der Waals surface area (Å²) in [6.07, 6.45) is 5.56. The molecule has 0 radical (unpaired) electrons. The Morgan fingerprint density at radius 2 is 2.31 bits per heavy atom. The summed E-state index contributed by atoms with van der Waals surface area (Å²) in [5.41, 5.74) is 0.126. The van der Waals surface area contributed by atoms with Crippen molar-refractivity contribution in [3.8, 4) is 0 Å². The van der Waals surface area contributed by atoms with E-state index in [0.29, 0.717) is 29.9 Å². The first kappa shape index (κ1) is 19.7. The zero-order valence-corrected chi connectivity index (χ0v) is 16.2. The van der Waals surface area contributed by atoms with Gasteiger partial charge in [0, 0.05) is 29.4 Å². The Bertz CT molecular complexity index is 1010. The summed E-state index contributed by atoms with van der Waals surface area (Å²) in [5.74, 6) is -1.43. The van der Waals surface area contributed by atoms with E-state index in [4.69, 9.17) is 16.7 Å². The molecular weight excluding hydrogens is 401 g/mol. The van der Waals surface area contributed by atoms with Crippen molar-refractivity contribution in [3.63, 3.8) is 0 Å². The SMILES string of the molecule is O=C(O)C[C@]1(O)CCC[C@H](NC2=C(F)C=NC(c3c[nH]c4ncc(Cl)cc34)N2)C1. The predicted molar refractivity (Wildman–Crippen MR) is 106 cm³/mol. The summed E-state index contributed by atoms with van der Waals surface area (Å²) in [6, 6.07) is 1.51. The van der Waals surface area contributed by atoms with Crippen LogP contribution in [0.1, 0.15) is 43.8 Å². The summed E-state index contributed by atoms with van der Waals surface area (Å²) in [4.78, 5) is 22.5. The van der Waals surface area contributed by atoms with Crippen molar-refractivity contribution in [2.75, 3.05) is 0 Å². The van der Waals surface area contributed by atoms with Gasteiger partial charge in [-0.05, 0) is 31.7 Å². The molecule has 2 aromatic heterocycles. The van der Waals surface area contributed by atoms with Crippen molar-refractivity contribution in [1.29, 1.82) is 0 Å². The molecule has 3 atom stereocenters. The number of H-pyrrole nitrogens is 1.